The third-order valence-electron chi connectivity index (χ3n) is 2.96. The highest BCUT2D eigenvalue weighted by molar-refractivity contribution is 9.09. The maximum absolute atomic E-state index is 12.1. The zero-order valence-electron chi connectivity index (χ0n) is 10.4. The van der Waals surface area contributed by atoms with E-state index in [4.69, 9.17) is 4.84 Å². The van der Waals surface area contributed by atoms with Gasteiger partial charge in [0.25, 0.3) is 0 Å². The highest BCUT2D eigenvalue weighted by Gasteiger charge is 2.44. The Kier molecular flexibility index (Phi) is 4.60. The Morgan fingerprint density at radius 1 is 1.63 bits per heavy atom. The van der Waals surface area contributed by atoms with E-state index in [1.54, 1.807) is 12.2 Å². The first kappa shape index (κ1) is 14.1. The van der Waals surface area contributed by atoms with E-state index in [-0.39, 0.29) is 24.6 Å². The molecule has 2 bridgehead atoms. The van der Waals surface area contributed by atoms with Crippen LogP contribution >= 0.6 is 15.9 Å². The number of nitrogens with one attached hydrogen (secondary N) is 1. The van der Waals surface area contributed by atoms with Crippen molar-refractivity contribution in [3.63, 3.8) is 0 Å². The number of amides is 3. The van der Waals surface area contributed by atoms with Crippen LogP contribution in [0.25, 0.3) is 0 Å². The lowest BCUT2D eigenvalue weighted by atomic mass is 10.1. The van der Waals surface area contributed by atoms with Gasteiger partial charge in [-0.15, -0.1) is 6.58 Å². The van der Waals surface area contributed by atoms with Gasteiger partial charge in [-0.3, -0.25) is 9.63 Å². The van der Waals surface area contributed by atoms with Crippen LogP contribution in [-0.4, -0.2) is 59.0 Å². The Morgan fingerprint density at radius 2 is 2.42 bits per heavy atom. The molecule has 2 aliphatic heterocycles. The van der Waals surface area contributed by atoms with Crippen molar-refractivity contribution in [2.45, 2.75) is 12.1 Å². The number of hydroxylamine groups is 2. The Morgan fingerprint density at radius 3 is 3.11 bits per heavy atom. The largest absolute Gasteiger partial charge is 0.353 e. The third-order valence-corrected chi connectivity index (χ3v) is 3.36. The molecule has 1 saturated heterocycles. The van der Waals surface area contributed by atoms with Crippen LogP contribution in [0.5, 0.6) is 0 Å². The molecular formula is C12H16BrN3O3. The summed E-state index contributed by atoms with van der Waals surface area (Å²) in [6.45, 7) is 4.82. The van der Waals surface area contributed by atoms with Crippen molar-refractivity contribution in [3.8, 4) is 0 Å². The number of halogens is 1. The summed E-state index contributed by atoms with van der Waals surface area (Å²) in [4.78, 5) is 30.9. The van der Waals surface area contributed by atoms with Gasteiger partial charge >= 0.3 is 6.03 Å². The number of urea groups is 1. The maximum atomic E-state index is 12.1. The van der Waals surface area contributed by atoms with Gasteiger partial charge in [-0.1, -0.05) is 34.2 Å². The molecule has 2 aliphatic rings. The van der Waals surface area contributed by atoms with Crippen LogP contribution < -0.4 is 5.32 Å². The van der Waals surface area contributed by atoms with E-state index >= 15 is 0 Å². The molecule has 0 spiro atoms. The predicted octanol–water partition coefficient (Wildman–Crippen LogP) is 0.660. The number of carbonyl (C=O) groups excluding carboxylic acids is 2. The lowest BCUT2D eigenvalue weighted by Gasteiger charge is -2.25. The lowest BCUT2D eigenvalue weighted by Crippen LogP contribution is -2.48. The second-order valence-corrected chi connectivity index (χ2v) is 5.02. The molecule has 0 aromatic carbocycles. The topological polar surface area (TPSA) is 61.9 Å². The maximum Gasteiger partial charge on any atom is 0.345 e. The fraction of sp³-hybridized carbons (Fsp3) is 0.500. The van der Waals surface area contributed by atoms with Crippen molar-refractivity contribution in [1.82, 2.24) is 15.3 Å². The standard InChI is InChI=1S/C12H16BrN3O3/c1-2-7-19-16-9-3-4-10(11(17)14-6-5-13)15(8-9)12(16)18/h2-4,9-10H,1,5-8H2,(H,14,17)/t9?,10-/m0/s1. The van der Waals surface area contributed by atoms with Crippen LogP contribution in [0, 0.1) is 0 Å². The summed E-state index contributed by atoms with van der Waals surface area (Å²) in [6, 6.07) is -0.969. The Hall–Kier alpha value is -1.34. The van der Waals surface area contributed by atoms with Gasteiger partial charge in [0.05, 0.1) is 19.2 Å². The van der Waals surface area contributed by atoms with Gasteiger partial charge in [0.15, 0.2) is 0 Å². The van der Waals surface area contributed by atoms with E-state index in [1.165, 1.54) is 9.96 Å². The minimum absolute atomic E-state index is 0.132. The second kappa shape index (κ2) is 6.21. The molecule has 2 rings (SSSR count). The van der Waals surface area contributed by atoms with E-state index in [9.17, 15) is 9.59 Å². The highest BCUT2D eigenvalue weighted by atomic mass is 79.9. The molecule has 0 saturated carbocycles. The molecule has 1 N–H and O–H groups in total. The second-order valence-electron chi connectivity index (χ2n) is 4.22. The summed E-state index contributed by atoms with van der Waals surface area (Å²) in [5, 5.41) is 4.74. The molecule has 0 radical (unpaired) electrons. The summed E-state index contributed by atoms with van der Waals surface area (Å²) in [5.74, 6) is -0.173. The average molecular weight is 330 g/mol. The lowest BCUT2D eigenvalue weighted by molar-refractivity contribution is -0.124. The van der Waals surface area contributed by atoms with Gasteiger partial charge in [0.1, 0.15) is 6.04 Å². The zero-order chi connectivity index (χ0) is 13.8. The number of rotatable bonds is 6. The normalized spacial score (nSPS) is 24.8. The quantitative estimate of drug-likeness (QED) is 0.575. The summed E-state index contributed by atoms with van der Waals surface area (Å²) < 4.78 is 0. The van der Waals surface area contributed by atoms with Gasteiger partial charge < -0.3 is 10.2 Å². The van der Waals surface area contributed by atoms with Crippen LogP contribution in [0.3, 0.4) is 0 Å². The molecular weight excluding hydrogens is 314 g/mol. The van der Waals surface area contributed by atoms with Crippen LogP contribution in [0.2, 0.25) is 0 Å². The van der Waals surface area contributed by atoms with Gasteiger partial charge in [-0.05, 0) is 0 Å². The number of fused-ring (bicyclic) bond motifs is 2. The molecule has 6 nitrogen and oxygen atoms in total. The molecule has 104 valence electrons. The number of nitrogens with zero attached hydrogens (tertiary/aromatic N) is 2. The van der Waals surface area contributed by atoms with E-state index in [0.29, 0.717) is 18.4 Å². The molecule has 2 atom stereocenters. The molecule has 19 heavy (non-hydrogen) atoms. The van der Waals surface area contributed by atoms with Crippen molar-refractivity contribution in [2.24, 2.45) is 0 Å². The first-order valence-electron chi connectivity index (χ1n) is 6.04. The fourth-order valence-electron chi connectivity index (χ4n) is 2.12. The number of alkyl halides is 1. The van der Waals surface area contributed by atoms with Crippen molar-refractivity contribution in [2.75, 3.05) is 25.0 Å². The van der Waals surface area contributed by atoms with Crippen molar-refractivity contribution in [1.29, 1.82) is 0 Å². The third kappa shape index (κ3) is 2.82. The van der Waals surface area contributed by atoms with Crippen LogP contribution in [-0.2, 0) is 9.63 Å². The molecule has 0 aliphatic carbocycles. The first-order valence-corrected chi connectivity index (χ1v) is 7.17. The molecule has 2 heterocycles. The molecule has 0 aromatic heterocycles. The van der Waals surface area contributed by atoms with Crippen molar-refractivity contribution < 1.29 is 14.4 Å². The Balaban J connectivity index is 2.03. The van der Waals surface area contributed by atoms with E-state index in [1.807, 2.05) is 6.08 Å². The van der Waals surface area contributed by atoms with Crippen LogP contribution in [0.1, 0.15) is 0 Å². The molecule has 1 fully saturated rings. The number of carbonyl (C=O) groups is 2. The summed E-state index contributed by atoms with van der Waals surface area (Å²) in [7, 11) is 0. The van der Waals surface area contributed by atoms with Crippen molar-refractivity contribution in [3.05, 3.63) is 24.8 Å². The molecule has 7 heteroatoms. The molecule has 3 amide bonds. The van der Waals surface area contributed by atoms with Gasteiger partial charge in [-0.2, -0.15) is 5.06 Å². The van der Waals surface area contributed by atoms with E-state index in [2.05, 4.69) is 27.8 Å². The molecule has 1 unspecified atom stereocenters. The predicted molar refractivity (Wildman–Crippen MR) is 73.6 cm³/mol. The Bertz CT molecular complexity index is 413. The SMILES string of the molecule is C=CCON1C(=O)N2CC1C=C[C@H]2C(=O)NCCBr. The monoisotopic (exact) mass is 329 g/mol. The van der Waals surface area contributed by atoms with Crippen LogP contribution in [0.4, 0.5) is 4.79 Å². The summed E-state index contributed by atoms with van der Waals surface area (Å²) >= 11 is 3.24. The van der Waals surface area contributed by atoms with Crippen LogP contribution in [0.15, 0.2) is 24.8 Å². The smallest absolute Gasteiger partial charge is 0.345 e. The van der Waals surface area contributed by atoms with E-state index in [0.717, 1.165) is 0 Å². The van der Waals surface area contributed by atoms with E-state index < -0.39 is 6.04 Å². The van der Waals surface area contributed by atoms with Crippen molar-refractivity contribution >= 4 is 27.9 Å². The minimum Gasteiger partial charge on any atom is -0.353 e. The fourth-order valence-corrected chi connectivity index (χ4v) is 2.32. The highest BCUT2D eigenvalue weighted by Crippen LogP contribution is 2.25. The molecule has 0 aromatic rings. The summed E-state index contributed by atoms with van der Waals surface area (Å²) in [6.07, 6.45) is 5.16. The number of hydrogen-bond donors (Lipinski definition) is 1. The minimum atomic E-state index is -0.555. The average Bonchev–Trinajstić information content (AvgIpc) is 2.66. The number of hydrogen-bond acceptors (Lipinski definition) is 3. The van der Waals surface area contributed by atoms with Gasteiger partial charge in [-0.25, -0.2) is 4.79 Å². The summed E-state index contributed by atoms with van der Waals surface area (Å²) in [5.41, 5.74) is 0. The first-order chi connectivity index (χ1) is 9.19. The van der Waals surface area contributed by atoms with Gasteiger partial charge in [0, 0.05) is 11.9 Å². The zero-order valence-corrected chi connectivity index (χ0v) is 12.0. The van der Waals surface area contributed by atoms with Gasteiger partial charge in [0.2, 0.25) is 5.91 Å². The Labute approximate surface area is 120 Å².